The summed E-state index contributed by atoms with van der Waals surface area (Å²) in [7, 11) is 0. The molecule has 0 saturated heterocycles. The number of H-pyrrole nitrogens is 1. The molecule has 1 aliphatic heterocycles. The third-order valence-electron chi connectivity index (χ3n) is 6.26. The number of benzene rings is 3. The average Bonchev–Trinajstić information content (AvgIpc) is 3.33. The number of aryl methyl sites for hydroxylation is 1. The van der Waals surface area contributed by atoms with Crippen LogP contribution < -0.4 is 20.3 Å². The fraction of sp³-hybridized carbons (Fsp3) is 0.214. The fourth-order valence-corrected chi connectivity index (χ4v) is 4.62. The SMILES string of the molecule is Cc1cccc2cc(CN(Cc3ccc4c(c3)OCO4)C(=S)N[C@H](C)c3ccccc3)c(=O)[nH]c12. The maximum atomic E-state index is 13.0. The first-order chi connectivity index (χ1) is 17.0. The number of hydrogen-bond acceptors (Lipinski definition) is 4. The molecule has 35 heavy (non-hydrogen) atoms. The van der Waals surface area contributed by atoms with Crippen molar-refractivity contribution in [1.82, 2.24) is 15.2 Å². The Hall–Kier alpha value is -3.84. The van der Waals surface area contributed by atoms with Gasteiger partial charge in [0, 0.05) is 12.1 Å². The minimum Gasteiger partial charge on any atom is -0.454 e. The first-order valence-corrected chi connectivity index (χ1v) is 12.0. The summed E-state index contributed by atoms with van der Waals surface area (Å²) in [5, 5.41) is 5.02. The van der Waals surface area contributed by atoms with Crippen molar-refractivity contribution >= 4 is 28.2 Å². The Bertz CT molecular complexity index is 1430. The van der Waals surface area contributed by atoms with Crippen LogP contribution in [-0.2, 0) is 13.1 Å². The third-order valence-corrected chi connectivity index (χ3v) is 6.64. The van der Waals surface area contributed by atoms with Crippen molar-refractivity contribution in [2.75, 3.05) is 6.79 Å². The second-order valence-corrected chi connectivity index (χ2v) is 9.18. The van der Waals surface area contributed by atoms with E-state index in [9.17, 15) is 4.79 Å². The van der Waals surface area contributed by atoms with Crippen molar-refractivity contribution in [3.8, 4) is 11.5 Å². The van der Waals surface area contributed by atoms with Gasteiger partial charge in [-0.05, 0) is 66.3 Å². The lowest BCUT2D eigenvalue weighted by Gasteiger charge is -2.28. The standard InChI is InChI=1S/C28H27N3O3S/c1-18-7-6-10-22-14-23(27(32)30-26(18)22)16-31(15-20-11-12-24-25(13-20)34-17-33-24)28(35)29-19(2)21-8-4-3-5-9-21/h3-14,19H,15-17H2,1-2H3,(H,29,35)(H,30,32)/t19-/m1/s1. The number of nitrogens with zero attached hydrogens (tertiary/aromatic N) is 1. The molecular weight excluding hydrogens is 458 g/mol. The number of pyridine rings is 1. The highest BCUT2D eigenvalue weighted by molar-refractivity contribution is 7.80. The molecular formula is C28H27N3O3S. The monoisotopic (exact) mass is 485 g/mol. The van der Waals surface area contributed by atoms with Gasteiger partial charge in [-0.1, -0.05) is 54.6 Å². The van der Waals surface area contributed by atoms with Gasteiger partial charge >= 0.3 is 0 Å². The lowest BCUT2D eigenvalue weighted by atomic mass is 10.1. The number of ether oxygens (including phenoxy) is 2. The molecule has 0 fully saturated rings. The fourth-order valence-electron chi connectivity index (χ4n) is 4.31. The van der Waals surface area contributed by atoms with Crippen LogP contribution in [-0.4, -0.2) is 21.8 Å². The molecule has 0 spiro atoms. The molecule has 2 heterocycles. The summed E-state index contributed by atoms with van der Waals surface area (Å²) in [5.41, 5.74) is 4.59. The zero-order valence-corrected chi connectivity index (χ0v) is 20.5. The highest BCUT2D eigenvalue weighted by Gasteiger charge is 2.19. The van der Waals surface area contributed by atoms with Gasteiger partial charge in [-0.2, -0.15) is 0 Å². The molecule has 3 aromatic carbocycles. The predicted molar refractivity (Wildman–Crippen MR) is 142 cm³/mol. The van der Waals surface area contributed by atoms with Gasteiger partial charge in [0.15, 0.2) is 16.6 Å². The number of aromatic amines is 1. The Morgan fingerprint density at radius 3 is 2.66 bits per heavy atom. The highest BCUT2D eigenvalue weighted by atomic mass is 32.1. The molecule has 0 saturated carbocycles. The van der Waals surface area contributed by atoms with Gasteiger partial charge in [0.25, 0.3) is 5.56 Å². The van der Waals surface area contributed by atoms with Crippen molar-refractivity contribution in [3.63, 3.8) is 0 Å². The van der Waals surface area contributed by atoms with Gasteiger partial charge < -0.3 is 24.7 Å². The number of fused-ring (bicyclic) bond motifs is 2. The number of hydrogen-bond donors (Lipinski definition) is 2. The van der Waals surface area contributed by atoms with E-state index in [2.05, 4.69) is 29.4 Å². The lowest BCUT2D eigenvalue weighted by Crippen LogP contribution is -2.41. The summed E-state index contributed by atoms with van der Waals surface area (Å²) < 4.78 is 11.0. The van der Waals surface area contributed by atoms with Crippen LogP contribution in [0.5, 0.6) is 11.5 Å². The van der Waals surface area contributed by atoms with Gasteiger partial charge in [-0.3, -0.25) is 4.79 Å². The zero-order chi connectivity index (χ0) is 24.4. The molecule has 0 unspecified atom stereocenters. The van der Waals surface area contributed by atoms with E-state index in [1.54, 1.807) is 0 Å². The second kappa shape index (κ2) is 9.80. The van der Waals surface area contributed by atoms with Crippen LogP contribution in [0.1, 0.15) is 35.2 Å². The minimum atomic E-state index is -0.110. The summed E-state index contributed by atoms with van der Waals surface area (Å²) in [5.74, 6) is 1.46. The molecule has 0 aliphatic carbocycles. The number of para-hydroxylation sites is 1. The lowest BCUT2D eigenvalue weighted by molar-refractivity contribution is 0.174. The van der Waals surface area contributed by atoms with Crippen molar-refractivity contribution in [2.24, 2.45) is 0 Å². The van der Waals surface area contributed by atoms with Gasteiger partial charge in [0.1, 0.15) is 0 Å². The van der Waals surface area contributed by atoms with Gasteiger partial charge in [0.2, 0.25) is 6.79 Å². The Balaban J connectivity index is 1.44. The normalized spacial score (nSPS) is 13.0. The van der Waals surface area contributed by atoms with Crippen LogP contribution >= 0.6 is 12.2 Å². The zero-order valence-electron chi connectivity index (χ0n) is 19.7. The molecule has 7 heteroatoms. The van der Waals surface area contributed by atoms with E-state index in [1.165, 1.54) is 0 Å². The highest BCUT2D eigenvalue weighted by Crippen LogP contribution is 2.33. The smallest absolute Gasteiger partial charge is 0.253 e. The van der Waals surface area contributed by atoms with Crippen molar-refractivity contribution in [3.05, 3.63) is 105 Å². The Morgan fingerprint density at radius 2 is 1.83 bits per heavy atom. The largest absolute Gasteiger partial charge is 0.454 e. The van der Waals surface area contributed by atoms with E-state index in [0.29, 0.717) is 23.8 Å². The predicted octanol–water partition coefficient (Wildman–Crippen LogP) is 5.20. The molecule has 1 aliphatic rings. The van der Waals surface area contributed by atoms with Gasteiger partial charge in [-0.15, -0.1) is 0 Å². The number of rotatable bonds is 6. The van der Waals surface area contributed by atoms with E-state index in [1.807, 2.05) is 72.5 Å². The first-order valence-electron chi connectivity index (χ1n) is 11.6. The maximum absolute atomic E-state index is 13.0. The summed E-state index contributed by atoms with van der Waals surface area (Å²) >= 11 is 5.86. The first kappa shape index (κ1) is 22.9. The van der Waals surface area contributed by atoms with E-state index in [4.69, 9.17) is 21.7 Å². The quantitative estimate of drug-likeness (QED) is 0.366. The maximum Gasteiger partial charge on any atom is 0.253 e. The Labute approximate surface area is 209 Å². The molecule has 178 valence electrons. The van der Waals surface area contributed by atoms with Gasteiger partial charge in [-0.25, -0.2) is 0 Å². The molecule has 2 N–H and O–H groups in total. The van der Waals surface area contributed by atoms with Crippen LogP contribution in [0.15, 0.2) is 77.6 Å². The number of nitrogens with one attached hydrogen (secondary N) is 2. The van der Waals surface area contributed by atoms with E-state index in [0.717, 1.165) is 39.1 Å². The number of thiocarbonyl (C=S) groups is 1. The van der Waals surface area contributed by atoms with Gasteiger partial charge in [0.05, 0.1) is 18.1 Å². The van der Waals surface area contributed by atoms with Crippen LogP contribution in [0.3, 0.4) is 0 Å². The Morgan fingerprint density at radius 1 is 1.03 bits per heavy atom. The van der Waals surface area contributed by atoms with E-state index < -0.39 is 0 Å². The van der Waals surface area contributed by atoms with Crippen molar-refractivity contribution in [1.29, 1.82) is 0 Å². The summed E-state index contributed by atoms with van der Waals surface area (Å²) in [6.07, 6.45) is 0. The molecule has 4 aromatic rings. The van der Waals surface area contributed by atoms with Crippen molar-refractivity contribution in [2.45, 2.75) is 33.0 Å². The minimum absolute atomic E-state index is 0.0143. The summed E-state index contributed by atoms with van der Waals surface area (Å²) in [4.78, 5) is 18.1. The van der Waals surface area contributed by atoms with E-state index in [-0.39, 0.29) is 18.4 Å². The molecule has 6 nitrogen and oxygen atoms in total. The van der Waals surface area contributed by atoms with E-state index >= 15 is 0 Å². The molecule has 0 amide bonds. The Kier molecular flexibility index (Phi) is 6.42. The third kappa shape index (κ3) is 5.00. The van der Waals surface area contributed by atoms with Crippen LogP contribution in [0.2, 0.25) is 0 Å². The molecule has 5 rings (SSSR count). The molecule has 1 atom stereocenters. The molecule has 1 aromatic heterocycles. The summed E-state index contributed by atoms with van der Waals surface area (Å²) in [6.45, 7) is 5.17. The molecule has 0 bridgehead atoms. The second-order valence-electron chi connectivity index (χ2n) is 8.79. The average molecular weight is 486 g/mol. The number of aromatic nitrogens is 1. The van der Waals surface area contributed by atoms with Crippen LogP contribution in [0, 0.1) is 6.92 Å². The molecule has 0 radical (unpaired) electrons. The summed E-state index contributed by atoms with van der Waals surface area (Å²) in [6, 6.07) is 24.0. The van der Waals surface area contributed by atoms with Crippen LogP contribution in [0.4, 0.5) is 0 Å². The topological polar surface area (TPSA) is 66.6 Å². The van der Waals surface area contributed by atoms with Crippen molar-refractivity contribution < 1.29 is 9.47 Å². The van der Waals surface area contributed by atoms with Crippen LogP contribution in [0.25, 0.3) is 10.9 Å².